The molecule has 0 aliphatic carbocycles. The zero-order valence-electron chi connectivity index (χ0n) is 9.58. The maximum absolute atomic E-state index is 11.6. The lowest BCUT2D eigenvalue weighted by Crippen LogP contribution is -2.38. The number of amides is 2. The van der Waals surface area contributed by atoms with Crippen LogP contribution in [0.25, 0.3) is 0 Å². The van der Waals surface area contributed by atoms with Gasteiger partial charge in [0, 0.05) is 5.41 Å². The second kappa shape index (κ2) is 5.02. The molecule has 0 fully saturated rings. The molecule has 1 aromatic rings. The summed E-state index contributed by atoms with van der Waals surface area (Å²) in [5.74, 6) is -0.100. The fourth-order valence-electron chi connectivity index (χ4n) is 1.41. The minimum atomic E-state index is -3.16. The van der Waals surface area contributed by atoms with Gasteiger partial charge < -0.3 is 5.32 Å². The molecule has 0 saturated carbocycles. The molecule has 1 aromatic heterocycles. The Balaban J connectivity index is 1.88. The number of sulfone groups is 1. The first-order valence-corrected chi connectivity index (χ1v) is 7.82. The van der Waals surface area contributed by atoms with Gasteiger partial charge in [-0.15, -0.1) is 10.2 Å². The maximum atomic E-state index is 11.6. The topological polar surface area (TPSA) is 101 Å². The molecule has 1 aliphatic rings. The summed E-state index contributed by atoms with van der Waals surface area (Å²) in [5.41, 5.74) is 0. The predicted molar refractivity (Wildman–Crippen MR) is 68.2 cm³/mol. The van der Waals surface area contributed by atoms with Crippen LogP contribution in [0, 0.1) is 0 Å². The van der Waals surface area contributed by atoms with E-state index in [1.807, 2.05) is 6.92 Å². The highest BCUT2D eigenvalue weighted by atomic mass is 32.2. The Kier molecular flexibility index (Phi) is 3.62. The van der Waals surface area contributed by atoms with E-state index in [2.05, 4.69) is 20.8 Å². The van der Waals surface area contributed by atoms with Crippen LogP contribution in [0.5, 0.6) is 0 Å². The fraction of sp³-hybridized carbons (Fsp3) is 0.444. The van der Waals surface area contributed by atoms with Gasteiger partial charge >= 0.3 is 6.03 Å². The summed E-state index contributed by atoms with van der Waals surface area (Å²) >= 11 is 1.29. The van der Waals surface area contributed by atoms with Crippen LogP contribution in [0.15, 0.2) is 11.5 Å². The monoisotopic (exact) mass is 288 g/mol. The van der Waals surface area contributed by atoms with Crippen LogP contribution in [0.4, 0.5) is 9.93 Å². The van der Waals surface area contributed by atoms with E-state index >= 15 is 0 Å². The number of anilines is 1. The maximum Gasteiger partial charge on any atom is 0.321 e. The van der Waals surface area contributed by atoms with Gasteiger partial charge in [-0.3, -0.25) is 5.32 Å². The zero-order chi connectivity index (χ0) is 13.2. The Hall–Kier alpha value is -1.48. The molecule has 0 radical (unpaired) electrons. The van der Waals surface area contributed by atoms with E-state index < -0.39 is 21.9 Å². The molecular formula is C9H12N4O3S2. The second-order valence-electron chi connectivity index (χ2n) is 3.72. The molecule has 9 heteroatoms. The van der Waals surface area contributed by atoms with Crippen LogP contribution in [0.2, 0.25) is 0 Å². The van der Waals surface area contributed by atoms with Crippen LogP contribution < -0.4 is 10.6 Å². The predicted octanol–water partition coefficient (Wildman–Crippen LogP) is 0.533. The lowest BCUT2D eigenvalue weighted by Gasteiger charge is -2.09. The number of carbonyl (C=O) groups excluding carboxylic acids is 1. The van der Waals surface area contributed by atoms with Crippen molar-refractivity contribution >= 4 is 32.3 Å². The molecule has 98 valence electrons. The molecule has 0 unspecified atom stereocenters. The number of aryl methyl sites for hydroxylation is 1. The summed E-state index contributed by atoms with van der Waals surface area (Å²) in [4.78, 5) is 11.6. The molecule has 1 atom stereocenters. The molecule has 18 heavy (non-hydrogen) atoms. The number of nitrogens with zero attached hydrogens (tertiary/aromatic N) is 2. The van der Waals surface area contributed by atoms with E-state index in [1.165, 1.54) is 17.4 Å². The quantitative estimate of drug-likeness (QED) is 0.845. The molecule has 7 nitrogen and oxygen atoms in total. The Morgan fingerprint density at radius 1 is 1.56 bits per heavy atom. The van der Waals surface area contributed by atoms with Gasteiger partial charge in [-0.25, -0.2) is 13.2 Å². The molecule has 2 rings (SSSR count). The third kappa shape index (κ3) is 3.26. The Morgan fingerprint density at radius 3 is 2.89 bits per heavy atom. The Labute approximate surface area is 108 Å². The SMILES string of the molecule is CCc1nnc(NC(=O)N[C@@H]2C=CS(=O)(=O)C2)s1. The standard InChI is InChI=1S/C9H12N4O3S2/c1-2-7-12-13-9(17-7)11-8(14)10-6-3-4-18(15,16)5-6/h3-4,6H,2,5H2,1H3,(H2,10,11,13,14)/t6-/m1/s1. The molecule has 0 bridgehead atoms. The van der Waals surface area contributed by atoms with Crippen molar-refractivity contribution in [1.29, 1.82) is 0 Å². The van der Waals surface area contributed by atoms with E-state index in [0.29, 0.717) is 5.13 Å². The van der Waals surface area contributed by atoms with Gasteiger partial charge in [0.15, 0.2) is 9.84 Å². The normalized spacial score (nSPS) is 20.8. The highest BCUT2D eigenvalue weighted by molar-refractivity contribution is 7.94. The molecule has 0 spiro atoms. The second-order valence-corrected chi connectivity index (χ2v) is 6.71. The molecule has 2 N–H and O–H groups in total. The van der Waals surface area contributed by atoms with Crippen molar-refractivity contribution < 1.29 is 13.2 Å². The van der Waals surface area contributed by atoms with Crippen LogP contribution in [0.1, 0.15) is 11.9 Å². The largest absolute Gasteiger partial charge is 0.331 e. The van der Waals surface area contributed by atoms with Crippen LogP contribution >= 0.6 is 11.3 Å². The van der Waals surface area contributed by atoms with Gasteiger partial charge in [0.05, 0.1) is 11.8 Å². The number of hydrogen-bond donors (Lipinski definition) is 2. The molecule has 0 aromatic carbocycles. The summed E-state index contributed by atoms with van der Waals surface area (Å²) in [6.07, 6.45) is 2.21. The lowest BCUT2D eigenvalue weighted by molar-refractivity contribution is 0.251. The highest BCUT2D eigenvalue weighted by Crippen LogP contribution is 2.15. The molecular weight excluding hydrogens is 276 g/mol. The highest BCUT2D eigenvalue weighted by Gasteiger charge is 2.23. The van der Waals surface area contributed by atoms with Gasteiger partial charge in [-0.05, 0) is 12.5 Å². The summed E-state index contributed by atoms with van der Waals surface area (Å²) < 4.78 is 22.3. The van der Waals surface area contributed by atoms with Crippen molar-refractivity contribution in [2.24, 2.45) is 0 Å². The van der Waals surface area contributed by atoms with E-state index in [4.69, 9.17) is 0 Å². The summed E-state index contributed by atoms with van der Waals surface area (Å²) in [7, 11) is -3.16. The number of carbonyl (C=O) groups is 1. The average molecular weight is 288 g/mol. The van der Waals surface area contributed by atoms with Gasteiger partial charge in [0.2, 0.25) is 5.13 Å². The van der Waals surface area contributed by atoms with Crippen molar-refractivity contribution in [3.8, 4) is 0 Å². The number of rotatable bonds is 3. The van der Waals surface area contributed by atoms with Crippen molar-refractivity contribution in [1.82, 2.24) is 15.5 Å². The number of hydrogen-bond acceptors (Lipinski definition) is 6. The fourth-order valence-corrected chi connectivity index (χ4v) is 3.32. The van der Waals surface area contributed by atoms with E-state index in [9.17, 15) is 13.2 Å². The minimum Gasteiger partial charge on any atom is -0.331 e. The van der Waals surface area contributed by atoms with Crippen LogP contribution in [-0.2, 0) is 16.3 Å². The van der Waals surface area contributed by atoms with Gasteiger partial charge in [0.1, 0.15) is 5.01 Å². The summed E-state index contributed by atoms with van der Waals surface area (Å²) in [6, 6.07) is -0.978. The molecule has 0 saturated heterocycles. The van der Waals surface area contributed by atoms with E-state index in [-0.39, 0.29) is 5.75 Å². The van der Waals surface area contributed by atoms with E-state index in [1.54, 1.807) is 0 Å². The Morgan fingerprint density at radius 2 is 2.33 bits per heavy atom. The first kappa shape index (κ1) is 13.0. The zero-order valence-corrected chi connectivity index (χ0v) is 11.2. The molecule has 2 amide bonds. The number of nitrogens with one attached hydrogen (secondary N) is 2. The lowest BCUT2D eigenvalue weighted by atomic mass is 10.3. The first-order valence-electron chi connectivity index (χ1n) is 5.29. The minimum absolute atomic E-state index is 0.100. The van der Waals surface area contributed by atoms with Crippen molar-refractivity contribution in [2.45, 2.75) is 19.4 Å². The third-order valence-electron chi connectivity index (χ3n) is 2.24. The molecule has 2 heterocycles. The van der Waals surface area contributed by atoms with Gasteiger partial charge in [-0.1, -0.05) is 18.3 Å². The van der Waals surface area contributed by atoms with Crippen LogP contribution in [0.3, 0.4) is 0 Å². The van der Waals surface area contributed by atoms with Crippen molar-refractivity contribution in [2.75, 3.05) is 11.1 Å². The van der Waals surface area contributed by atoms with Crippen LogP contribution in [-0.4, -0.2) is 36.4 Å². The average Bonchev–Trinajstić information content (AvgIpc) is 2.85. The number of urea groups is 1. The summed E-state index contributed by atoms with van der Waals surface area (Å²) in [5, 5.41) is 15.0. The van der Waals surface area contributed by atoms with Gasteiger partial charge in [-0.2, -0.15) is 0 Å². The number of aromatic nitrogens is 2. The summed E-state index contributed by atoms with van der Waals surface area (Å²) in [6.45, 7) is 1.94. The van der Waals surface area contributed by atoms with Crippen molar-refractivity contribution in [3.05, 3.63) is 16.5 Å². The van der Waals surface area contributed by atoms with Crippen molar-refractivity contribution in [3.63, 3.8) is 0 Å². The Bertz CT molecular complexity index is 578. The molecule has 1 aliphatic heterocycles. The van der Waals surface area contributed by atoms with Gasteiger partial charge in [0.25, 0.3) is 0 Å². The van der Waals surface area contributed by atoms with E-state index in [0.717, 1.165) is 16.8 Å². The third-order valence-corrected chi connectivity index (χ3v) is 4.61. The smallest absolute Gasteiger partial charge is 0.321 e. The first-order chi connectivity index (χ1) is 8.48.